The van der Waals surface area contributed by atoms with Gasteiger partial charge in [0.2, 0.25) is 0 Å². The highest BCUT2D eigenvalue weighted by Crippen LogP contribution is 2.32. The maximum atomic E-state index is 12.2. The third-order valence-electron chi connectivity index (χ3n) is 3.88. The lowest BCUT2D eigenvalue weighted by molar-refractivity contribution is -0.136. The Bertz CT molecular complexity index is 977. The zero-order valence-electron chi connectivity index (χ0n) is 16.7. The molecule has 7 heteroatoms. The Morgan fingerprint density at radius 3 is 2.45 bits per heavy atom. The smallest absolute Gasteiger partial charge is 0.313 e. The normalized spacial score (nSPS) is 11.1. The molecule has 0 saturated heterocycles. The molecule has 0 aliphatic carbocycles. The second kappa shape index (κ2) is 8.96. The minimum absolute atomic E-state index is 0.110. The van der Waals surface area contributed by atoms with E-state index in [0.717, 1.165) is 16.1 Å². The van der Waals surface area contributed by atoms with Gasteiger partial charge in [-0.25, -0.2) is 4.68 Å². The second-order valence-electron chi connectivity index (χ2n) is 7.50. The van der Waals surface area contributed by atoms with Crippen molar-refractivity contribution in [1.29, 1.82) is 0 Å². The summed E-state index contributed by atoms with van der Waals surface area (Å²) < 4.78 is 1.85. The maximum Gasteiger partial charge on any atom is 0.313 e. The van der Waals surface area contributed by atoms with Crippen molar-refractivity contribution < 1.29 is 9.59 Å². The second-order valence-corrected chi connectivity index (χ2v) is 9.40. The summed E-state index contributed by atoms with van der Waals surface area (Å²) in [4.78, 5) is 25.4. The summed E-state index contributed by atoms with van der Waals surface area (Å²) in [5.74, 6) is -1.37. The number of thioether (sulfide) groups is 1. The fraction of sp³-hybridized carbons (Fsp3) is 0.227. The molecule has 3 rings (SSSR count). The Labute approximate surface area is 174 Å². The van der Waals surface area contributed by atoms with Gasteiger partial charge in [0.05, 0.1) is 5.69 Å². The van der Waals surface area contributed by atoms with Gasteiger partial charge in [0.1, 0.15) is 0 Å². The van der Waals surface area contributed by atoms with Crippen LogP contribution < -0.4 is 10.6 Å². The van der Waals surface area contributed by atoms with E-state index in [2.05, 4.69) is 36.5 Å². The lowest BCUT2D eigenvalue weighted by Gasteiger charge is -2.17. The topological polar surface area (TPSA) is 76.0 Å². The van der Waals surface area contributed by atoms with Crippen LogP contribution in [0.3, 0.4) is 0 Å². The van der Waals surface area contributed by atoms with Gasteiger partial charge in [0.15, 0.2) is 0 Å². The van der Waals surface area contributed by atoms with Crippen molar-refractivity contribution in [3.05, 3.63) is 72.6 Å². The molecule has 0 radical (unpaired) electrons. The van der Waals surface area contributed by atoms with E-state index in [1.54, 1.807) is 34.8 Å². The van der Waals surface area contributed by atoms with Crippen LogP contribution in [0.15, 0.2) is 71.9 Å². The fourth-order valence-corrected chi connectivity index (χ4v) is 3.62. The van der Waals surface area contributed by atoms with Crippen molar-refractivity contribution in [2.24, 2.45) is 0 Å². The van der Waals surface area contributed by atoms with Gasteiger partial charge in [-0.1, -0.05) is 32.9 Å². The largest absolute Gasteiger partial charge is 0.344 e. The molecule has 0 atom stereocenters. The highest BCUT2D eigenvalue weighted by Gasteiger charge is 2.15. The average molecular weight is 409 g/mol. The molecule has 0 aliphatic heterocycles. The van der Waals surface area contributed by atoms with Crippen molar-refractivity contribution in [1.82, 2.24) is 15.1 Å². The number of carbonyl (C=O) groups is 2. The van der Waals surface area contributed by atoms with Gasteiger partial charge in [0, 0.05) is 34.3 Å². The van der Waals surface area contributed by atoms with Gasteiger partial charge in [-0.05, 0) is 48.0 Å². The predicted molar refractivity (Wildman–Crippen MR) is 116 cm³/mol. The Balaban J connectivity index is 1.53. The Kier molecular flexibility index (Phi) is 6.39. The van der Waals surface area contributed by atoms with E-state index in [9.17, 15) is 9.59 Å². The van der Waals surface area contributed by atoms with Gasteiger partial charge in [-0.2, -0.15) is 5.10 Å². The van der Waals surface area contributed by atoms with E-state index in [-0.39, 0.29) is 11.3 Å². The quantitative estimate of drug-likeness (QED) is 0.494. The molecule has 0 bridgehead atoms. The number of nitrogens with one attached hydrogen (secondary N) is 2. The summed E-state index contributed by atoms with van der Waals surface area (Å²) in [6, 6.07) is 16.9. The average Bonchev–Trinajstić information content (AvgIpc) is 3.21. The van der Waals surface area contributed by atoms with E-state index in [0.29, 0.717) is 5.69 Å². The molecule has 29 heavy (non-hydrogen) atoms. The molecule has 150 valence electrons. The number of rotatable bonds is 5. The lowest BCUT2D eigenvalue weighted by Crippen LogP contribution is -2.34. The molecule has 6 nitrogen and oxygen atoms in total. The number of carbonyl (C=O) groups excluding carboxylic acids is 2. The van der Waals surface area contributed by atoms with Crippen molar-refractivity contribution in [3.8, 4) is 5.69 Å². The number of aromatic nitrogens is 2. The van der Waals surface area contributed by atoms with Crippen LogP contribution in [0.1, 0.15) is 26.3 Å². The van der Waals surface area contributed by atoms with Crippen molar-refractivity contribution >= 4 is 29.3 Å². The molecule has 2 N–H and O–H groups in total. The predicted octanol–water partition coefficient (Wildman–Crippen LogP) is 4.02. The Morgan fingerprint density at radius 2 is 1.79 bits per heavy atom. The maximum absolute atomic E-state index is 12.2. The summed E-state index contributed by atoms with van der Waals surface area (Å²) in [7, 11) is 0. The Hall–Kier alpha value is -3.06. The number of anilines is 1. The number of nitrogens with zero attached hydrogens (tertiary/aromatic N) is 2. The van der Waals surface area contributed by atoms with Crippen LogP contribution in [-0.4, -0.2) is 26.3 Å². The van der Waals surface area contributed by atoms with E-state index >= 15 is 0 Å². The molecule has 3 aromatic rings. The van der Waals surface area contributed by atoms with Crippen LogP contribution in [0.25, 0.3) is 5.69 Å². The number of amides is 2. The standard InChI is InChI=1S/C22H24N4O2S/c1-22(2,3)29-19-10-8-17(9-11-19)25-21(28)20(27)23-15-16-6-4-7-18(14-16)26-13-5-12-24-26/h4-14H,15H2,1-3H3,(H,23,27)(H,25,28). The van der Waals surface area contributed by atoms with E-state index < -0.39 is 11.8 Å². The molecule has 0 unspecified atom stereocenters. The molecule has 0 saturated carbocycles. The van der Waals surface area contributed by atoms with Crippen molar-refractivity contribution in [2.45, 2.75) is 37.0 Å². The minimum atomic E-state index is -0.690. The monoisotopic (exact) mass is 408 g/mol. The van der Waals surface area contributed by atoms with Gasteiger partial charge >= 0.3 is 11.8 Å². The van der Waals surface area contributed by atoms with Gasteiger partial charge in [-0.15, -0.1) is 11.8 Å². The lowest BCUT2D eigenvalue weighted by atomic mass is 10.2. The Morgan fingerprint density at radius 1 is 1.03 bits per heavy atom. The fourth-order valence-electron chi connectivity index (χ4n) is 2.64. The first-order valence-corrected chi connectivity index (χ1v) is 10.1. The van der Waals surface area contributed by atoms with Crippen LogP contribution in [0.5, 0.6) is 0 Å². The zero-order chi connectivity index (χ0) is 20.9. The minimum Gasteiger partial charge on any atom is -0.344 e. The number of hydrogen-bond donors (Lipinski definition) is 2. The van der Waals surface area contributed by atoms with Crippen LogP contribution in [0.4, 0.5) is 5.69 Å². The van der Waals surface area contributed by atoms with Crippen LogP contribution >= 0.6 is 11.8 Å². The van der Waals surface area contributed by atoms with E-state index in [1.807, 2.05) is 48.7 Å². The SMILES string of the molecule is CC(C)(C)Sc1ccc(NC(=O)C(=O)NCc2cccc(-n3cccn3)c2)cc1. The summed E-state index contributed by atoms with van der Waals surface area (Å²) >= 11 is 1.74. The molecule has 2 aromatic carbocycles. The van der Waals surface area contributed by atoms with Crippen molar-refractivity contribution in [3.63, 3.8) is 0 Å². The van der Waals surface area contributed by atoms with E-state index in [4.69, 9.17) is 0 Å². The molecule has 0 aliphatic rings. The third-order valence-corrected chi connectivity index (χ3v) is 5.00. The molecule has 1 aromatic heterocycles. The zero-order valence-corrected chi connectivity index (χ0v) is 17.5. The van der Waals surface area contributed by atoms with Crippen LogP contribution in [0, 0.1) is 0 Å². The first-order chi connectivity index (χ1) is 13.8. The number of benzene rings is 2. The highest BCUT2D eigenvalue weighted by atomic mass is 32.2. The van der Waals surface area contributed by atoms with Gasteiger partial charge in [-0.3, -0.25) is 9.59 Å². The number of hydrogen-bond acceptors (Lipinski definition) is 4. The van der Waals surface area contributed by atoms with Crippen molar-refractivity contribution in [2.75, 3.05) is 5.32 Å². The summed E-state index contributed by atoms with van der Waals surface area (Å²) in [6.07, 6.45) is 3.55. The molecule has 0 fully saturated rings. The molecular weight excluding hydrogens is 384 g/mol. The highest BCUT2D eigenvalue weighted by molar-refractivity contribution is 8.00. The molecule has 2 amide bonds. The summed E-state index contributed by atoms with van der Waals surface area (Å²) in [6.45, 7) is 6.68. The van der Waals surface area contributed by atoms with Gasteiger partial charge < -0.3 is 10.6 Å². The summed E-state index contributed by atoms with van der Waals surface area (Å²) in [5, 5.41) is 9.46. The van der Waals surface area contributed by atoms with Gasteiger partial charge in [0.25, 0.3) is 0 Å². The molecular formula is C22H24N4O2S. The third kappa shape index (κ3) is 6.22. The molecule has 1 heterocycles. The van der Waals surface area contributed by atoms with Crippen LogP contribution in [0.2, 0.25) is 0 Å². The summed E-state index contributed by atoms with van der Waals surface area (Å²) in [5.41, 5.74) is 2.35. The van der Waals surface area contributed by atoms with Crippen LogP contribution in [-0.2, 0) is 16.1 Å². The first-order valence-electron chi connectivity index (χ1n) is 9.27. The first kappa shape index (κ1) is 20.7. The molecule has 0 spiro atoms. The van der Waals surface area contributed by atoms with E-state index in [1.165, 1.54) is 0 Å².